The van der Waals surface area contributed by atoms with Gasteiger partial charge in [0.15, 0.2) is 5.78 Å². The monoisotopic (exact) mass is 218 g/mol. The zero-order valence-corrected chi connectivity index (χ0v) is 9.14. The minimum absolute atomic E-state index is 0.00677. The van der Waals surface area contributed by atoms with Crippen LogP contribution in [0.4, 0.5) is 0 Å². The SMILES string of the molecule is CC(=O)CC(=O)c1cc2ccccc2s1. The predicted molar refractivity (Wildman–Crippen MR) is 61.5 cm³/mol. The third-order valence-electron chi connectivity index (χ3n) is 2.11. The number of hydrogen-bond donors (Lipinski definition) is 0. The van der Waals surface area contributed by atoms with Gasteiger partial charge in [0.2, 0.25) is 0 Å². The number of hydrogen-bond acceptors (Lipinski definition) is 3. The fraction of sp³-hybridized carbons (Fsp3) is 0.167. The molecule has 1 aromatic carbocycles. The van der Waals surface area contributed by atoms with E-state index in [9.17, 15) is 9.59 Å². The molecular weight excluding hydrogens is 208 g/mol. The van der Waals surface area contributed by atoms with Crippen LogP contribution in [0.5, 0.6) is 0 Å². The van der Waals surface area contributed by atoms with Crippen LogP contribution in [0.15, 0.2) is 30.3 Å². The maximum Gasteiger partial charge on any atom is 0.180 e. The van der Waals surface area contributed by atoms with Crippen molar-refractivity contribution in [2.75, 3.05) is 0 Å². The Morgan fingerprint density at radius 3 is 2.67 bits per heavy atom. The largest absolute Gasteiger partial charge is 0.300 e. The molecule has 76 valence electrons. The highest BCUT2D eigenvalue weighted by molar-refractivity contribution is 7.20. The van der Waals surface area contributed by atoms with E-state index in [1.165, 1.54) is 18.3 Å². The van der Waals surface area contributed by atoms with Crippen LogP contribution in [0.25, 0.3) is 10.1 Å². The summed E-state index contributed by atoms with van der Waals surface area (Å²) in [5.41, 5.74) is 0. The Morgan fingerprint density at radius 2 is 2.00 bits per heavy atom. The van der Waals surface area contributed by atoms with Crippen molar-refractivity contribution < 1.29 is 9.59 Å². The second kappa shape index (κ2) is 3.95. The Hall–Kier alpha value is -1.48. The summed E-state index contributed by atoms with van der Waals surface area (Å²) in [6, 6.07) is 9.68. The van der Waals surface area contributed by atoms with Crippen molar-refractivity contribution in [1.82, 2.24) is 0 Å². The molecule has 2 aromatic rings. The summed E-state index contributed by atoms with van der Waals surface area (Å²) in [6.45, 7) is 1.44. The van der Waals surface area contributed by atoms with Crippen molar-refractivity contribution in [3.05, 3.63) is 35.2 Å². The molecule has 1 aromatic heterocycles. The first-order valence-electron chi connectivity index (χ1n) is 4.68. The van der Waals surface area contributed by atoms with E-state index in [0.29, 0.717) is 4.88 Å². The van der Waals surface area contributed by atoms with Gasteiger partial charge < -0.3 is 0 Å². The molecule has 0 saturated heterocycles. The summed E-state index contributed by atoms with van der Waals surface area (Å²) in [7, 11) is 0. The van der Waals surface area contributed by atoms with Gasteiger partial charge in [0.05, 0.1) is 11.3 Å². The number of carbonyl (C=O) groups is 2. The fourth-order valence-corrected chi connectivity index (χ4v) is 2.43. The standard InChI is InChI=1S/C12H10O2S/c1-8(13)6-10(14)12-7-9-4-2-3-5-11(9)15-12/h2-5,7H,6H2,1H3. The summed E-state index contributed by atoms with van der Waals surface area (Å²) in [5.74, 6) is -0.166. The van der Waals surface area contributed by atoms with Crippen LogP contribution in [0.1, 0.15) is 23.0 Å². The molecule has 0 spiro atoms. The molecule has 1 heterocycles. The van der Waals surface area contributed by atoms with Crippen LogP contribution in [0.2, 0.25) is 0 Å². The first-order valence-corrected chi connectivity index (χ1v) is 5.49. The van der Waals surface area contributed by atoms with Crippen molar-refractivity contribution >= 4 is 33.0 Å². The molecule has 2 rings (SSSR count). The number of ketones is 2. The molecule has 0 radical (unpaired) electrons. The van der Waals surface area contributed by atoms with E-state index in [1.54, 1.807) is 0 Å². The molecule has 0 bridgehead atoms. The van der Waals surface area contributed by atoms with Gasteiger partial charge in [0.25, 0.3) is 0 Å². The molecule has 0 aliphatic heterocycles. The van der Waals surface area contributed by atoms with Crippen molar-refractivity contribution in [1.29, 1.82) is 0 Å². The second-order valence-corrected chi connectivity index (χ2v) is 4.53. The van der Waals surface area contributed by atoms with Crippen molar-refractivity contribution in [2.24, 2.45) is 0 Å². The Balaban J connectivity index is 2.36. The Kier molecular flexibility index (Phi) is 2.64. The van der Waals surface area contributed by atoms with E-state index < -0.39 is 0 Å². The molecule has 0 atom stereocenters. The molecule has 0 saturated carbocycles. The van der Waals surface area contributed by atoms with Gasteiger partial charge in [-0.3, -0.25) is 9.59 Å². The normalized spacial score (nSPS) is 10.5. The Labute approximate surface area is 91.5 Å². The first-order chi connectivity index (χ1) is 7.16. The summed E-state index contributed by atoms with van der Waals surface area (Å²) < 4.78 is 1.09. The van der Waals surface area contributed by atoms with E-state index in [4.69, 9.17) is 0 Å². The lowest BCUT2D eigenvalue weighted by Crippen LogP contribution is -2.02. The van der Waals surface area contributed by atoms with Gasteiger partial charge in [0, 0.05) is 4.70 Å². The van der Waals surface area contributed by atoms with E-state index in [0.717, 1.165) is 10.1 Å². The number of Topliss-reactive ketones (excluding diaryl/α,β-unsaturated/α-hetero) is 2. The van der Waals surface area contributed by atoms with Gasteiger partial charge in [-0.15, -0.1) is 11.3 Å². The molecule has 3 heteroatoms. The predicted octanol–water partition coefficient (Wildman–Crippen LogP) is 3.06. The van der Waals surface area contributed by atoms with E-state index >= 15 is 0 Å². The molecule has 0 aliphatic carbocycles. The highest BCUT2D eigenvalue weighted by Gasteiger charge is 2.11. The van der Waals surface area contributed by atoms with Gasteiger partial charge in [-0.25, -0.2) is 0 Å². The van der Waals surface area contributed by atoms with Gasteiger partial charge in [-0.05, 0) is 24.4 Å². The number of thiophene rings is 1. The molecule has 0 unspecified atom stereocenters. The number of carbonyl (C=O) groups excluding carboxylic acids is 2. The van der Waals surface area contributed by atoms with E-state index in [1.807, 2.05) is 30.3 Å². The van der Waals surface area contributed by atoms with Crippen molar-refractivity contribution in [3.8, 4) is 0 Å². The molecule has 15 heavy (non-hydrogen) atoms. The van der Waals surface area contributed by atoms with Gasteiger partial charge in [-0.1, -0.05) is 18.2 Å². The van der Waals surface area contributed by atoms with Gasteiger partial charge >= 0.3 is 0 Å². The van der Waals surface area contributed by atoms with Crippen LogP contribution >= 0.6 is 11.3 Å². The second-order valence-electron chi connectivity index (χ2n) is 3.45. The fourth-order valence-electron chi connectivity index (χ4n) is 1.43. The van der Waals surface area contributed by atoms with Gasteiger partial charge in [-0.2, -0.15) is 0 Å². The molecular formula is C12H10O2S. The van der Waals surface area contributed by atoms with Crippen LogP contribution in [0, 0.1) is 0 Å². The summed E-state index contributed by atoms with van der Waals surface area (Å²) in [4.78, 5) is 23.1. The van der Waals surface area contributed by atoms with Crippen LogP contribution in [-0.2, 0) is 4.79 Å². The number of benzene rings is 1. The highest BCUT2D eigenvalue weighted by atomic mass is 32.1. The topological polar surface area (TPSA) is 34.1 Å². The minimum Gasteiger partial charge on any atom is -0.300 e. The summed E-state index contributed by atoms with van der Waals surface area (Å²) >= 11 is 1.45. The average molecular weight is 218 g/mol. The molecule has 0 aliphatic rings. The maximum atomic E-state index is 11.6. The quantitative estimate of drug-likeness (QED) is 0.586. The average Bonchev–Trinajstić information content (AvgIpc) is 2.59. The first kappa shape index (κ1) is 10.1. The van der Waals surface area contributed by atoms with E-state index in [2.05, 4.69) is 0 Å². The third-order valence-corrected chi connectivity index (χ3v) is 3.27. The maximum absolute atomic E-state index is 11.6. The summed E-state index contributed by atoms with van der Waals surface area (Å²) in [5, 5.41) is 1.06. The van der Waals surface area contributed by atoms with E-state index in [-0.39, 0.29) is 18.0 Å². The summed E-state index contributed by atoms with van der Waals surface area (Å²) in [6.07, 6.45) is 0.00677. The van der Waals surface area contributed by atoms with Crippen molar-refractivity contribution in [2.45, 2.75) is 13.3 Å². The third kappa shape index (κ3) is 2.13. The molecule has 0 N–H and O–H groups in total. The molecule has 0 amide bonds. The molecule has 0 fully saturated rings. The molecule has 2 nitrogen and oxygen atoms in total. The highest BCUT2D eigenvalue weighted by Crippen LogP contribution is 2.26. The zero-order valence-electron chi connectivity index (χ0n) is 8.32. The van der Waals surface area contributed by atoms with Crippen molar-refractivity contribution in [3.63, 3.8) is 0 Å². The van der Waals surface area contributed by atoms with Gasteiger partial charge in [0.1, 0.15) is 5.78 Å². The van der Waals surface area contributed by atoms with Crippen LogP contribution < -0.4 is 0 Å². The zero-order chi connectivity index (χ0) is 10.8. The number of rotatable bonds is 3. The minimum atomic E-state index is -0.0857. The lowest BCUT2D eigenvalue weighted by atomic mass is 10.2. The number of fused-ring (bicyclic) bond motifs is 1. The Morgan fingerprint density at radius 1 is 1.27 bits per heavy atom. The lowest BCUT2D eigenvalue weighted by molar-refractivity contribution is -0.116. The van der Waals surface area contributed by atoms with Crippen LogP contribution in [0.3, 0.4) is 0 Å². The van der Waals surface area contributed by atoms with Crippen LogP contribution in [-0.4, -0.2) is 11.6 Å². The Bertz CT molecular complexity index is 492. The smallest absolute Gasteiger partial charge is 0.180 e. The lowest BCUT2D eigenvalue weighted by Gasteiger charge is -1.90.